The van der Waals surface area contributed by atoms with Crippen LogP contribution in [0.2, 0.25) is 0 Å². The average Bonchev–Trinajstić information content (AvgIpc) is 0.811. The Labute approximate surface area is 66.6 Å². The molecule has 0 aromatic heterocycles. The Bertz CT molecular complexity index is 35.9. The largest absolute Gasteiger partial charge is 2.00 e. The molecule has 0 aliphatic heterocycles. The molecule has 0 atom stereocenters. The summed E-state index contributed by atoms with van der Waals surface area (Å²) in [5.74, 6) is 0. The minimum absolute atomic E-state index is 0. The molecule has 0 nitrogen and oxygen atoms in total. The van der Waals surface area contributed by atoms with Crippen LogP contribution < -0.4 is 0 Å². The van der Waals surface area contributed by atoms with E-state index in [1.54, 1.807) is 0 Å². The normalized spacial score (nSPS) is 5.20. The summed E-state index contributed by atoms with van der Waals surface area (Å²) in [6, 6.07) is 0. The predicted octanol–water partition coefficient (Wildman–Crippen LogP) is 0.975. The fourth-order valence-corrected chi connectivity index (χ4v) is 0. The second-order valence-electron chi connectivity index (χ2n) is 0.283. The van der Waals surface area contributed by atoms with Crippen LogP contribution in [0.5, 0.6) is 0 Å². The second-order valence-corrected chi connectivity index (χ2v) is 2.54. The first-order valence-corrected chi connectivity index (χ1v) is 1.95. The van der Waals surface area contributed by atoms with E-state index in [0.717, 1.165) is 0 Å². The molecule has 0 saturated carbocycles. The van der Waals surface area contributed by atoms with E-state index in [9.17, 15) is 0 Å². The monoisotopic (exact) mass is 136 g/mol. The molecular weight excluding hydrogens is 133 g/mol. The zero-order valence-electron chi connectivity index (χ0n) is 4.51. The Balaban J connectivity index is -0.0000000150. The van der Waals surface area contributed by atoms with Crippen LogP contribution in [0.3, 0.4) is 0 Å². The van der Waals surface area contributed by atoms with Crippen molar-refractivity contribution in [3.63, 3.8) is 0 Å². The van der Waals surface area contributed by atoms with Crippen molar-refractivity contribution in [2.24, 2.45) is 0 Å². The van der Waals surface area contributed by atoms with Crippen LogP contribution in [0.1, 0.15) is 2.85 Å². The minimum Gasteiger partial charge on any atom is -1.00 e. The van der Waals surface area contributed by atoms with Gasteiger partial charge in [0, 0.05) is 0 Å². The summed E-state index contributed by atoms with van der Waals surface area (Å²) in [7, 11) is 0. The van der Waals surface area contributed by atoms with Crippen molar-refractivity contribution in [3.05, 3.63) is 0 Å². The van der Waals surface area contributed by atoms with Crippen molar-refractivity contribution < 1.29 is 2.85 Å². The topological polar surface area (TPSA) is 0 Å². The van der Waals surface area contributed by atoms with E-state index in [1.165, 1.54) is 0 Å². The molecule has 0 radical (unpaired) electrons. The molecule has 0 aliphatic carbocycles. The molecule has 0 fully saturated rings. The number of hydrogen-bond donors (Lipinski definition) is 2. The third-order valence-electron chi connectivity index (χ3n) is 0. The number of rotatable bonds is 0. The molecule has 0 bridgehead atoms. The van der Waals surface area contributed by atoms with Gasteiger partial charge in [-0.1, -0.05) is 12.2 Å². The first-order valence-electron chi connectivity index (χ1n) is 0.651. The summed E-state index contributed by atoms with van der Waals surface area (Å²) in [4.78, 5) is 0. The van der Waals surface area contributed by atoms with Gasteiger partial charge in [-0.2, -0.15) is 0 Å². The van der Waals surface area contributed by atoms with Crippen LogP contribution in [-0.4, -0.2) is 26.6 Å². The molecule has 0 saturated heterocycles. The van der Waals surface area contributed by atoms with E-state index in [4.69, 9.17) is 0 Å². The first-order chi connectivity index (χ1) is 1.73. The number of thiocarbonyl (C=S) groups is 1. The molecule has 5 heavy (non-hydrogen) atoms. The molecule has 0 unspecified atom stereocenters. The molecule has 0 aromatic carbocycles. The predicted molar refractivity (Wildman–Crippen MR) is 38.5 cm³/mol. The molecule has 0 amide bonds. The summed E-state index contributed by atoms with van der Waals surface area (Å²) in [6.45, 7) is 0. The van der Waals surface area contributed by atoms with Gasteiger partial charge in [0.1, 0.15) is 0 Å². The Morgan fingerprint density at radius 1 is 1.60 bits per heavy atom. The van der Waals surface area contributed by atoms with Gasteiger partial charge in [-0.3, -0.25) is 0 Å². The Morgan fingerprint density at radius 2 is 1.60 bits per heavy atom. The van der Waals surface area contributed by atoms with Gasteiger partial charge in [0.2, 0.25) is 0 Å². The van der Waals surface area contributed by atoms with E-state index < -0.39 is 0 Å². The van der Waals surface area contributed by atoms with Crippen LogP contribution in [-0.2, 0) is 0 Å². The van der Waals surface area contributed by atoms with Crippen LogP contribution >= 0.6 is 37.5 Å². The maximum Gasteiger partial charge on any atom is 2.00 e. The molecular formula is CH4MgS3. The van der Waals surface area contributed by atoms with Crippen molar-refractivity contribution in [2.75, 3.05) is 0 Å². The van der Waals surface area contributed by atoms with Gasteiger partial charge < -0.3 is 2.85 Å². The van der Waals surface area contributed by atoms with E-state index >= 15 is 0 Å². The van der Waals surface area contributed by atoms with Crippen molar-refractivity contribution >= 4 is 64.1 Å². The van der Waals surface area contributed by atoms with Gasteiger partial charge in [0.15, 0.2) is 0 Å². The molecule has 0 aromatic rings. The molecule has 28 valence electrons. The summed E-state index contributed by atoms with van der Waals surface area (Å²) in [6.07, 6.45) is 0. The molecule has 0 N–H and O–H groups in total. The van der Waals surface area contributed by atoms with Gasteiger partial charge in [0.25, 0.3) is 0 Å². The van der Waals surface area contributed by atoms with Crippen molar-refractivity contribution in [1.82, 2.24) is 0 Å². The SMILES string of the molecule is S=C(S)S.[H-].[H-].[Mg+2]. The fraction of sp³-hybridized carbons (Fsp3) is 0. The number of hydrogen-bond acceptors (Lipinski definition) is 1. The van der Waals surface area contributed by atoms with Crippen LogP contribution in [0.25, 0.3) is 0 Å². The zero-order chi connectivity index (χ0) is 3.58. The van der Waals surface area contributed by atoms with E-state index in [-0.39, 0.29) is 25.9 Å². The van der Waals surface area contributed by atoms with Crippen LogP contribution in [0.4, 0.5) is 0 Å². The van der Waals surface area contributed by atoms with Gasteiger partial charge >= 0.3 is 23.1 Å². The molecule has 0 heterocycles. The smallest absolute Gasteiger partial charge is 1.00 e. The van der Waals surface area contributed by atoms with E-state index in [1.807, 2.05) is 0 Å². The summed E-state index contributed by atoms with van der Waals surface area (Å²) >= 11 is 11.4. The zero-order valence-corrected chi connectivity index (χ0v) is 6.53. The maximum atomic E-state index is 4.27. The van der Waals surface area contributed by atoms with Crippen LogP contribution in [0.15, 0.2) is 0 Å². The van der Waals surface area contributed by atoms with E-state index in [2.05, 4.69) is 37.5 Å². The molecule has 0 aliphatic rings. The maximum absolute atomic E-state index is 4.27. The summed E-state index contributed by atoms with van der Waals surface area (Å²) in [5, 5.41) is 0. The third kappa shape index (κ3) is 29.0. The Hall–Kier alpha value is 1.56. The third-order valence-corrected chi connectivity index (χ3v) is 0. The summed E-state index contributed by atoms with van der Waals surface area (Å²) in [5.41, 5.74) is 0. The second kappa shape index (κ2) is 5.56. The molecule has 0 rings (SSSR count). The quantitative estimate of drug-likeness (QED) is 0.284. The fourth-order valence-electron chi connectivity index (χ4n) is 0. The van der Waals surface area contributed by atoms with Crippen molar-refractivity contribution in [1.29, 1.82) is 0 Å². The first kappa shape index (κ1) is 9.75. The van der Waals surface area contributed by atoms with Crippen molar-refractivity contribution in [2.45, 2.75) is 0 Å². The van der Waals surface area contributed by atoms with E-state index in [0.29, 0.717) is 3.53 Å². The van der Waals surface area contributed by atoms with Crippen LogP contribution in [0, 0.1) is 0 Å². The number of thiol groups is 2. The van der Waals surface area contributed by atoms with Gasteiger partial charge in [0.05, 0.1) is 3.53 Å². The van der Waals surface area contributed by atoms with Gasteiger partial charge in [-0.15, -0.1) is 25.3 Å². The summed E-state index contributed by atoms with van der Waals surface area (Å²) < 4.78 is 0.389. The van der Waals surface area contributed by atoms with Gasteiger partial charge in [-0.25, -0.2) is 0 Å². The Kier molecular flexibility index (Phi) is 10.8. The Morgan fingerprint density at radius 3 is 1.60 bits per heavy atom. The minimum atomic E-state index is 0. The van der Waals surface area contributed by atoms with Gasteiger partial charge in [-0.05, 0) is 0 Å². The van der Waals surface area contributed by atoms with Crippen molar-refractivity contribution in [3.8, 4) is 0 Å². The average molecular weight is 137 g/mol. The molecule has 4 heteroatoms. The standard InChI is InChI=1S/CH2S3.Mg.2H/c2-1(3)4;;;/h(H2,2,3,4);;;/q;+2;2*-1. The molecule has 0 spiro atoms.